The third-order valence-corrected chi connectivity index (χ3v) is 0. The maximum atomic E-state index is 8.00. The Morgan fingerprint density at radius 2 is 1.00 bits per heavy atom. The minimum atomic E-state index is 0. The molecule has 8 heavy (non-hydrogen) atoms. The molecule has 8 heteroatoms. The van der Waals surface area contributed by atoms with Gasteiger partial charge in [0.1, 0.15) is 0 Å². The van der Waals surface area contributed by atoms with Crippen molar-refractivity contribution in [3.63, 3.8) is 0 Å². The molecule has 0 aromatic rings. The van der Waals surface area contributed by atoms with E-state index in [4.69, 9.17) is 20.2 Å². The van der Waals surface area contributed by atoms with Crippen LogP contribution in [0, 0.1) is 20.2 Å². The van der Waals surface area contributed by atoms with Crippen LogP contribution in [0.5, 0.6) is 0 Å². The predicted molar refractivity (Wildman–Crippen MR) is 23.3 cm³/mol. The average molecular weight is 304 g/mol. The molecule has 0 spiro atoms. The van der Waals surface area contributed by atoms with Gasteiger partial charge in [0.25, 0.3) is 0 Å². The van der Waals surface area contributed by atoms with E-state index in [1.807, 2.05) is 0 Å². The summed E-state index contributed by atoms with van der Waals surface area (Å²) in [5.41, 5.74) is 0. The molecule has 0 atom stereocenters. The van der Waals surface area contributed by atoms with Crippen molar-refractivity contribution in [3.8, 4) is 0 Å². The molecule has 0 saturated heterocycles. The Bertz CT molecular complexity index is 32.3. The van der Waals surface area contributed by atoms with Crippen LogP contribution < -0.4 is 6.15 Å². The van der Waals surface area contributed by atoms with E-state index < -0.39 is 0 Å². The van der Waals surface area contributed by atoms with Crippen molar-refractivity contribution < 1.29 is 21.1 Å². The molecule has 0 aliphatic heterocycles. The number of hydrogen-bond donors (Lipinski definition) is 1. The van der Waals surface area contributed by atoms with E-state index in [0.717, 1.165) is 10.7 Å². The molecule has 7 nitrogen and oxygen atoms in total. The minimum absolute atomic E-state index is 0. The van der Waals surface area contributed by atoms with Crippen LogP contribution in [0.4, 0.5) is 0 Å². The maximum Gasteiger partial charge on any atom is 2.00 e. The van der Waals surface area contributed by atoms with Crippen LogP contribution in [0.2, 0.25) is 0 Å². The normalized spacial score (nSPS) is 3.00. The second kappa shape index (κ2) is 91.3. The van der Waals surface area contributed by atoms with E-state index in [9.17, 15) is 0 Å². The first-order chi connectivity index (χ1) is 2.83. The smallest absolute Gasteiger partial charge is 0.444 e. The molecule has 0 heterocycles. The molecular formula is H3N3O4Pt. The van der Waals surface area contributed by atoms with Crippen molar-refractivity contribution in [1.82, 2.24) is 6.15 Å². The molecule has 0 saturated carbocycles. The number of hydrogen-bond acceptors (Lipinski definition) is 7. The van der Waals surface area contributed by atoms with Gasteiger partial charge < -0.3 is 26.4 Å². The van der Waals surface area contributed by atoms with E-state index in [1.165, 1.54) is 0 Å². The molecule has 0 unspecified atom stereocenters. The predicted octanol–water partition coefficient (Wildman–Crippen LogP) is 0.661. The minimum Gasteiger partial charge on any atom is -0.444 e. The summed E-state index contributed by atoms with van der Waals surface area (Å²) in [6.45, 7) is 0. The molecule has 0 aromatic heterocycles. The van der Waals surface area contributed by atoms with Crippen molar-refractivity contribution in [1.29, 1.82) is 0 Å². The van der Waals surface area contributed by atoms with Crippen LogP contribution in [-0.2, 0) is 21.1 Å². The maximum absolute atomic E-state index is 8.00. The molecule has 3 N–H and O–H groups in total. The Kier molecular flexibility index (Phi) is 297. The molecule has 0 amide bonds. The fraction of sp³-hybridized carbons (Fsp3) is 0. The van der Waals surface area contributed by atoms with Crippen molar-refractivity contribution in [2.45, 2.75) is 0 Å². The van der Waals surface area contributed by atoms with Crippen LogP contribution in [0.3, 0.4) is 0 Å². The summed E-state index contributed by atoms with van der Waals surface area (Å²) in [5.74, 6) is 0. The quantitative estimate of drug-likeness (QED) is 0.517. The van der Waals surface area contributed by atoms with Crippen molar-refractivity contribution >= 4 is 0 Å². The Labute approximate surface area is 58.8 Å². The van der Waals surface area contributed by atoms with E-state index in [1.54, 1.807) is 0 Å². The van der Waals surface area contributed by atoms with Crippen LogP contribution in [0.15, 0.2) is 10.7 Å². The van der Waals surface area contributed by atoms with Crippen LogP contribution in [0.25, 0.3) is 0 Å². The first-order valence-corrected chi connectivity index (χ1v) is 0.730. The third-order valence-electron chi connectivity index (χ3n) is 0. The van der Waals surface area contributed by atoms with Gasteiger partial charge in [0, 0.05) is 0 Å². The molecule has 0 aromatic carbocycles. The number of nitrogens with zero attached hydrogens (tertiary/aromatic N) is 2. The summed E-state index contributed by atoms with van der Waals surface area (Å²) in [6.07, 6.45) is 0. The Morgan fingerprint density at radius 3 is 1.00 bits per heavy atom. The molecule has 52 valence electrons. The second-order valence-corrected chi connectivity index (χ2v) is 0.149. The van der Waals surface area contributed by atoms with E-state index in [-0.39, 0.29) is 27.2 Å². The van der Waals surface area contributed by atoms with Gasteiger partial charge in [-0.15, -0.1) is 10.7 Å². The summed E-state index contributed by atoms with van der Waals surface area (Å²) in [7, 11) is 0. The molecule has 0 aliphatic carbocycles. The Balaban J connectivity index is -0.0000000160. The topological polar surface area (TPSA) is 140 Å². The third kappa shape index (κ3) is 354. The van der Waals surface area contributed by atoms with Crippen LogP contribution >= 0.6 is 0 Å². The molecule has 0 bridgehead atoms. The molecule has 0 fully saturated rings. The molecule has 0 radical (unpaired) electrons. The first kappa shape index (κ1) is 26.0. The monoisotopic (exact) mass is 304 g/mol. The summed E-state index contributed by atoms with van der Waals surface area (Å²) in [4.78, 5) is 16.0. The largest absolute Gasteiger partial charge is 2.00 e. The van der Waals surface area contributed by atoms with Gasteiger partial charge in [0.05, 0.1) is 0 Å². The summed E-state index contributed by atoms with van der Waals surface area (Å²) < 4.78 is 0. The zero-order valence-corrected chi connectivity index (χ0v) is 5.82. The zero-order valence-electron chi connectivity index (χ0n) is 3.55. The molecular weight excluding hydrogens is 301 g/mol. The van der Waals surface area contributed by atoms with Crippen molar-refractivity contribution in [2.75, 3.05) is 0 Å². The van der Waals surface area contributed by atoms with Crippen molar-refractivity contribution in [3.05, 3.63) is 20.2 Å². The van der Waals surface area contributed by atoms with Gasteiger partial charge in [-0.2, -0.15) is 0 Å². The van der Waals surface area contributed by atoms with Crippen LogP contribution in [-0.4, -0.2) is 0 Å². The second-order valence-electron chi connectivity index (χ2n) is 0.149. The van der Waals surface area contributed by atoms with Gasteiger partial charge in [-0.05, 0) is 0 Å². The van der Waals surface area contributed by atoms with E-state index in [0.29, 0.717) is 0 Å². The zero-order chi connectivity index (χ0) is 5.41. The summed E-state index contributed by atoms with van der Waals surface area (Å²) in [6, 6.07) is 0. The van der Waals surface area contributed by atoms with Crippen molar-refractivity contribution in [2.24, 2.45) is 10.7 Å². The fourth-order valence-electron chi connectivity index (χ4n) is 0. The Hall–Kier alpha value is -0.552. The molecule has 0 aliphatic rings. The van der Waals surface area contributed by atoms with Gasteiger partial charge in [-0.25, -0.2) is 0 Å². The van der Waals surface area contributed by atoms with E-state index in [2.05, 4.69) is 0 Å². The molecule has 0 rings (SSSR count). The Morgan fingerprint density at radius 1 is 1.00 bits per heavy atom. The average Bonchev–Trinajstić information content (AvgIpc) is 1.39. The summed E-state index contributed by atoms with van der Waals surface area (Å²) in [5, 5.41) is 18.0. The van der Waals surface area contributed by atoms with Gasteiger partial charge in [-0.3, -0.25) is 0 Å². The summed E-state index contributed by atoms with van der Waals surface area (Å²) >= 11 is 0. The van der Waals surface area contributed by atoms with Gasteiger partial charge in [0.2, 0.25) is 0 Å². The van der Waals surface area contributed by atoms with Gasteiger partial charge in [0.15, 0.2) is 0 Å². The number of rotatable bonds is 0. The SMILES string of the molecule is N.O=N[O-].O=N[O-].[Pt+2]. The first-order valence-electron chi connectivity index (χ1n) is 0.730. The van der Waals surface area contributed by atoms with Gasteiger partial charge in [-0.1, -0.05) is 0 Å². The van der Waals surface area contributed by atoms with Gasteiger partial charge >= 0.3 is 21.1 Å². The standard InChI is InChI=1S/2HNO2.H3N.Pt/c2*2-1-3;;/h2*(H,2,3);1H3;/q;;;+2/p-2. The van der Waals surface area contributed by atoms with Crippen LogP contribution in [0.1, 0.15) is 0 Å². The fourth-order valence-corrected chi connectivity index (χ4v) is 0. The van der Waals surface area contributed by atoms with E-state index >= 15 is 0 Å².